The van der Waals surface area contributed by atoms with Crippen molar-refractivity contribution in [3.05, 3.63) is 21.9 Å². The molecule has 0 fully saturated rings. The maximum absolute atomic E-state index is 13.4. The highest BCUT2D eigenvalue weighted by atomic mass is 79.9. The van der Waals surface area contributed by atoms with Gasteiger partial charge in [-0.2, -0.15) is 0 Å². The third kappa shape index (κ3) is 1.99. The summed E-state index contributed by atoms with van der Waals surface area (Å²) < 4.78 is 17.7. The average molecular weight is 293 g/mol. The zero-order chi connectivity index (χ0) is 12.5. The highest BCUT2D eigenvalue weighted by Crippen LogP contribution is 2.38. The number of phenols is 1. The Morgan fingerprint density at radius 2 is 2.06 bits per heavy atom. The number of benzene rings is 1. The van der Waals surface area contributed by atoms with Crippen LogP contribution in [0.2, 0.25) is 0 Å². The third-order valence-electron chi connectivity index (χ3n) is 1.80. The second-order valence-corrected chi connectivity index (χ2v) is 3.53. The zero-order valence-electron chi connectivity index (χ0n) is 7.95. The third-order valence-corrected chi connectivity index (χ3v) is 2.57. The molecule has 2 N–H and O–H groups in total. The lowest BCUT2D eigenvalue weighted by molar-refractivity contribution is -0.131. The van der Waals surface area contributed by atoms with E-state index in [0.29, 0.717) is 0 Å². The molecule has 1 aromatic carbocycles. The van der Waals surface area contributed by atoms with Gasteiger partial charge in [-0.1, -0.05) is 0 Å². The van der Waals surface area contributed by atoms with Gasteiger partial charge in [-0.15, -0.1) is 0 Å². The molecule has 0 radical (unpaired) electrons. The van der Waals surface area contributed by atoms with Crippen molar-refractivity contribution in [2.45, 2.75) is 0 Å². The van der Waals surface area contributed by atoms with E-state index < -0.39 is 28.9 Å². The van der Waals surface area contributed by atoms with Gasteiger partial charge in [0.1, 0.15) is 5.82 Å². The van der Waals surface area contributed by atoms with E-state index in [2.05, 4.69) is 20.7 Å². The fourth-order valence-corrected chi connectivity index (χ4v) is 1.62. The minimum absolute atomic E-state index is 0.202. The maximum Gasteiger partial charge on any atom is 0.377 e. The molecule has 0 aliphatic rings. The quantitative estimate of drug-likeness (QED) is 0.653. The first kappa shape index (κ1) is 12.4. The van der Waals surface area contributed by atoms with E-state index in [1.807, 2.05) is 0 Å². The standard InChI is InChI=1S/C9H6BrFO5/c1-16-4-2-3(11)5(6(10)7(4)12)8(13)9(14)15/h2,12H,1H3,(H,14,15). The van der Waals surface area contributed by atoms with Crippen molar-refractivity contribution in [2.24, 2.45) is 0 Å². The summed E-state index contributed by atoms with van der Waals surface area (Å²) in [6.45, 7) is 0. The van der Waals surface area contributed by atoms with E-state index in [4.69, 9.17) is 5.11 Å². The molecule has 0 bridgehead atoms. The average Bonchev–Trinajstić information content (AvgIpc) is 2.23. The van der Waals surface area contributed by atoms with Crippen LogP contribution in [-0.4, -0.2) is 29.1 Å². The van der Waals surface area contributed by atoms with Crippen LogP contribution < -0.4 is 4.74 Å². The minimum Gasteiger partial charge on any atom is -0.503 e. The number of ether oxygens (including phenoxy) is 1. The highest BCUT2D eigenvalue weighted by Gasteiger charge is 2.26. The van der Waals surface area contributed by atoms with Crippen LogP contribution in [0.15, 0.2) is 10.5 Å². The van der Waals surface area contributed by atoms with Crippen molar-refractivity contribution in [3.8, 4) is 11.5 Å². The number of Topliss-reactive ketones (excluding diaryl/α,β-unsaturated/α-hetero) is 1. The Balaban J connectivity index is 3.48. The molecule has 0 heterocycles. The first-order valence-electron chi connectivity index (χ1n) is 3.92. The number of carboxylic acids is 1. The molecule has 0 saturated carbocycles. The number of phenolic OH excluding ortho intramolecular Hbond substituents is 1. The molecule has 1 aromatic rings. The molecule has 0 unspecified atom stereocenters. The lowest BCUT2D eigenvalue weighted by Gasteiger charge is -2.09. The number of rotatable bonds is 3. The topological polar surface area (TPSA) is 83.8 Å². The molecular formula is C9H6BrFO5. The van der Waals surface area contributed by atoms with E-state index in [-0.39, 0.29) is 10.2 Å². The Morgan fingerprint density at radius 1 is 1.50 bits per heavy atom. The monoisotopic (exact) mass is 292 g/mol. The first-order valence-corrected chi connectivity index (χ1v) is 4.72. The van der Waals surface area contributed by atoms with Gasteiger partial charge in [-0.3, -0.25) is 4.79 Å². The Hall–Kier alpha value is -1.63. The van der Waals surface area contributed by atoms with Crippen LogP contribution in [0.25, 0.3) is 0 Å². The number of carbonyl (C=O) groups is 2. The van der Waals surface area contributed by atoms with Gasteiger partial charge in [0.25, 0.3) is 5.78 Å². The number of hydrogen-bond donors (Lipinski definition) is 2. The predicted octanol–water partition coefficient (Wildman–Crippen LogP) is 1.57. The largest absolute Gasteiger partial charge is 0.503 e. The lowest BCUT2D eigenvalue weighted by Crippen LogP contribution is -2.15. The number of carboxylic acid groups (broad SMARTS) is 1. The summed E-state index contributed by atoms with van der Waals surface area (Å²) in [5.41, 5.74) is -0.745. The van der Waals surface area contributed by atoms with Gasteiger partial charge in [-0.05, 0) is 15.9 Å². The second kappa shape index (κ2) is 4.48. The molecule has 16 heavy (non-hydrogen) atoms. The fourth-order valence-electron chi connectivity index (χ4n) is 1.06. The molecule has 86 valence electrons. The lowest BCUT2D eigenvalue weighted by atomic mass is 10.1. The van der Waals surface area contributed by atoms with Gasteiger partial charge in [-0.25, -0.2) is 9.18 Å². The molecule has 0 saturated heterocycles. The number of carbonyl (C=O) groups excluding carboxylic acids is 1. The normalized spacial score (nSPS) is 9.94. The summed E-state index contributed by atoms with van der Waals surface area (Å²) in [6, 6.07) is 0.732. The Morgan fingerprint density at radius 3 is 2.50 bits per heavy atom. The minimum atomic E-state index is -1.82. The van der Waals surface area contributed by atoms with Crippen molar-refractivity contribution in [2.75, 3.05) is 7.11 Å². The van der Waals surface area contributed by atoms with Crippen LogP contribution in [-0.2, 0) is 4.79 Å². The Kier molecular flexibility index (Phi) is 3.48. The molecule has 0 aliphatic heterocycles. The predicted molar refractivity (Wildman–Crippen MR) is 54.3 cm³/mol. The first-order chi connectivity index (χ1) is 7.40. The van der Waals surface area contributed by atoms with Gasteiger partial charge in [0.2, 0.25) is 0 Å². The van der Waals surface area contributed by atoms with Crippen LogP contribution in [0.1, 0.15) is 10.4 Å². The van der Waals surface area contributed by atoms with Crippen molar-refractivity contribution in [1.29, 1.82) is 0 Å². The van der Waals surface area contributed by atoms with Crippen molar-refractivity contribution < 1.29 is 28.9 Å². The highest BCUT2D eigenvalue weighted by molar-refractivity contribution is 9.10. The Bertz CT molecular complexity index is 471. The van der Waals surface area contributed by atoms with Crippen LogP contribution in [0, 0.1) is 5.82 Å². The molecule has 1 rings (SSSR count). The number of ketones is 1. The maximum atomic E-state index is 13.4. The van der Waals surface area contributed by atoms with Gasteiger partial charge < -0.3 is 14.9 Å². The Labute approximate surface area is 97.6 Å². The van der Waals surface area contributed by atoms with Crippen LogP contribution in [0.5, 0.6) is 11.5 Å². The smallest absolute Gasteiger partial charge is 0.377 e. The number of hydrogen-bond acceptors (Lipinski definition) is 4. The number of aliphatic carboxylic acids is 1. The van der Waals surface area contributed by atoms with E-state index in [1.54, 1.807) is 0 Å². The fraction of sp³-hybridized carbons (Fsp3) is 0.111. The second-order valence-electron chi connectivity index (χ2n) is 2.73. The van der Waals surface area contributed by atoms with Gasteiger partial charge >= 0.3 is 5.97 Å². The van der Waals surface area contributed by atoms with E-state index in [1.165, 1.54) is 7.11 Å². The van der Waals surface area contributed by atoms with Gasteiger partial charge in [0.15, 0.2) is 11.5 Å². The molecular weight excluding hydrogens is 287 g/mol. The molecule has 0 atom stereocenters. The number of aromatic hydroxyl groups is 1. The summed E-state index contributed by atoms with van der Waals surface area (Å²) in [5.74, 6) is -5.10. The molecule has 0 amide bonds. The summed E-state index contributed by atoms with van der Waals surface area (Å²) in [5, 5.41) is 17.9. The number of methoxy groups -OCH3 is 1. The van der Waals surface area contributed by atoms with Crippen molar-refractivity contribution in [3.63, 3.8) is 0 Å². The van der Waals surface area contributed by atoms with Crippen LogP contribution in [0.3, 0.4) is 0 Å². The molecule has 0 spiro atoms. The van der Waals surface area contributed by atoms with Gasteiger partial charge in [0, 0.05) is 6.07 Å². The van der Waals surface area contributed by atoms with E-state index in [9.17, 15) is 19.1 Å². The van der Waals surface area contributed by atoms with Gasteiger partial charge in [0.05, 0.1) is 17.1 Å². The molecule has 0 aromatic heterocycles. The number of halogens is 2. The van der Waals surface area contributed by atoms with E-state index >= 15 is 0 Å². The summed E-state index contributed by atoms with van der Waals surface area (Å²) >= 11 is 2.74. The van der Waals surface area contributed by atoms with E-state index in [0.717, 1.165) is 6.07 Å². The molecule has 5 nitrogen and oxygen atoms in total. The molecule has 7 heteroatoms. The van der Waals surface area contributed by atoms with Crippen molar-refractivity contribution in [1.82, 2.24) is 0 Å². The summed E-state index contributed by atoms with van der Waals surface area (Å²) in [4.78, 5) is 21.5. The van der Waals surface area contributed by atoms with Crippen LogP contribution in [0.4, 0.5) is 4.39 Å². The summed E-state index contributed by atoms with van der Waals surface area (Å²) in [6.07, 6.45) is 0. The SMILES string of the molecule is COc1cc(F)c(C(=O)C(=O)O)c(Br)c1O. The molecule has 0 aliphatic carbocycles. The van der Waals surface area contributed by atoms with Crippen LogP contribution >= 0.6 is 15.9 Å². The zero-order valence-corrected chi connectivity index (χ0v) is 9.54. The summed E-state index contributed by atoms with van der Waals surface area (Å²) in [7, 11) is 1.19. The van der Waals surface area contributed by atoms with Crippen molar-refractivity contribution >= 4 is 27.7 Å².